The average molecular weight is 435 g/mol. The fourth-order valence-corrected chi connectivity index (χ4v) is 4.21. The molecule has 1 amide bonds. The summed E-state index contributed by atoms with van der Waals surface area (Å²) in [5.41, 5.74) is 3.41. The number of carboxylic acid groups (broad SMARTS) is 1. The van der Waals surface area contributed by atoms with Gasteiger partial charge in [0.15, 0.2) is 6.61 Å². The van der Waals surface area contributed by atoms with E-state index in [0.29, 0.717) is 16.9 Å². The second kappa shape index (κ2) is 9.26. The van der Waals surface area contributed by atoms with Gasteiger partial charge in [-0.15, -0.1) is 0 Å². The van der Waals surface area contributed by atoms with E-state index in [4.69, 9.17) is 9.15 Å². The van der Waals surface area contributed by atoms with Crippen LogP contribution in [0.25, 0.3) is 11.0 Å². The smallest absolute Gasteiger partial charge is 0.339 e. The van der Waals surface area contributed by atoms with Crippen molar-refractivity contribution in [2.75, 3.05) is 6.61 Å². The van der Waals surface area contributed by atoms with Gasteiger partial charge in [-0.1, -0.05) is 30.3 Å². The van der Waals surface area contributed by atoms with Crippen LogP contribution < -0.4 is 15.7 Å². The largest absolute Gasteiger partial charge is 0.483 e. The third-order valence-electron chi connectivity index (χ3n) is 5.87. The zero-order valence-electron chi connectivity index (χ0n) is 17.8. The predicted molar refractivity (Wildman–Crippen MR) is 119 cm³/mol. The number of carboxylic acids is 1. The summed E-state index contributed by atoms with van der Waals surface area (Å²) in [6, 6.07) is 11.7. The lowest BCUT2D eigenvalue weighted by molar-refractivity contribution is -0.142. The van der Waals surface area contributed by atoms with Crippen LogP contribution in [0, 0.1) is 6.92 Å². The zero-order chi connectivity index (χ0) is 22.7. The molecule has 0 spiro atoms. The molecule has 7 heteroatoms. The van der Waals surface area contributed by atoms with E-state index < -0.39 is 17.9 Å². The fourth-order valence-electron chi connectivity index (χ4n) is 4.21. The lowest BCUT2D eigenvalue weighted by Gasteiger charge is -2.18. The maximum Gasteiger partial charge on any atom is 0.339 e. The topological polar surface area (TPSA) is 106 Å². The number of fused-ring (bicyclic) bond motifs is 3. The van der Waals surface area contributed by atoms with Gasteiger partial charge in [0.25, 0.3) is 5.91 Å². The second-order valence-electron chi connectivity index (χ2n) is 8.06. The Morgan fingerprint density at radius 1 is 1.09 bits per heavy atom. The molecule has 2 N–H and O–H groups in total. The van der Waals surface area contributed by atoms with Crippen LogP contribution in [0.3, 0.4) is 0 Å². The van der Waals surface area contributed by atoms with Crippen LogP contribution in [0.1, 0.15) is 35.1 Å². The first kappa shape index (κ1) is 21.6. The minimum absolute atomic E-state index is 0.174. The van der Waals surface area contributed by atoms with Crippen LogP contribution in [0.2, 0.25) is 0 Å². The number of ether oxygens (including phenoxy) is 1. The Morgan fingerprint density at radius 2 is 1.81 bits per heavy atom. The highest BCUT2D eigenvalue weighted by molar-refractivity contribution is 5.87. The Kier molecular flexibility index (Phi) is 6.25. The summed E-state index contributed by atoms with van der Waals surface area (Å²) in [5, 5.41) is 12.9. The number of hydrogen-bond donors (Lipinski definition) is 2. The third-order valence-corrected chi connectivity index (χ3v) is 5.87. The molecule has 0 unspecified atom stereocenters. The van der Waals surface area contributed by atoms with E-state index in [1.54, 1.807) is 13.0 Å². The summed E-state index contributed by atoms with van der Waals surface area (Å²) in [6.45, 7) is 1.43. The highest BCUT2D eigenvalue weighted by Crippen LogP contribution is 2.32. The summed E-state index contributed by atoms with van der Waals surface area (Å²) in [4.78, 5) is 36.4. The van der Waals surface area contributed by atoms with E-state index in [1.165, 1.54) is 0 Å². The lowest BCUT2D eigenvalue weighted by Crippen LogP contribution is -2.44. The number of nitrogens with one attached hydrogen (secondary N) is 1. The number of hydrogen-bond acceptors (Lipinski definition) is 5. The van der Waals surface area contributed by atoms with Crippen molar-refractivity contribution in [3.05, 3.63) is 75.1 Å². The highest BCUT2D eigenvalue weighted by atomic mass is 16.5. The molecule has 1 aromatic heterocycles. The molecule has 2 aromatic carbocycles. The number of rotatable bonds is 7. The van der Waals surface area contributed by atoms with Gasteiger partial charge in [0.05, 0.1) is 0 Å². The average Bonchev–Trinajstić information content (AvgIpc) is 2.79. The minimum Gasteiger partial charge on any atom is -0.483 e. The molecule has 0 saturated heterocycles. The van der Waals surface area contributed by atoms with Gasteiger partial charge in [-0.25, -0.2) is 9.59 Å². The van der Waals surface area contributed by atoms with Gasteiger partial charge in [-0.3, -0.25) is 4.79 Å². The van der Waals surface area contributed by atoms with Crippen LogP contribution in [0.15, 0.2) is 51.7 Å². The van der Waals surface area contributed by atoms with Crippen LogP contribution in [0.4, 0.5) is 0 Å². The van der Waals surface area contributed by atoms with Crippen LogP contribution in [-0.2, 0) is 28.9 Å². The standard InChI is InChI=1S/C25H25NO6/c1-15-21(12-11-18-17-9-5-6-10-19(17)25(30)32-23(15)18)31-14-22(27)26-20(24(28)29)13-16-7-3-2-4-8-16/h2-4,7-8,11-12,20H,5-6,9-10,13-14H2,1H3,(H,26,27)(H,28,29)/t20-/m0/s1. The lowest BCUT2D eigenvalue weighted by atomic mass is 9.90. The first-order valence-corrected chi connectivity index (χ1v) is 10.7. The summed E-state index contributed by atoms with van der Waals surface area (Å²) in [6.07, 6.45) is 3.78. The van der Waals surface area contributed by atoms with Crippen molar-refractivity contribution >= 4 is 22.8 Å². The number of aryl methyl sites for hydroxylation is 2. The Labute approximate surface area is 185 Å². The number of benzene rings is 2. The Balaban J connectivity index is 1.47. The van der Waals surface area contributed by atoms with Crippen LogP contribution in [0.5, 0.6) is 5.75 Å². The van der Waals surface area contributed by atoms with Gasteiger partial charge in [0.1, 0.15) is 17.4 Å². The number of aliphatic carboxylic acids is 1. The summed E-state index contributed by atoms with van der Waals surface area (Å²) in [5.74, 6) is -1.24. The predicted octanol–water partition coefficient (Wildman–Crippen LogP) is 3.17. The molecule has 0 bridgehead atoms. The van der Waals surface area contributed by atoms with E-state index in [0.717, 1.165) is 47.8 Å². The minimum atomic E-state index is -1.12. The molecule has 1 heterocycles. The van der Waals surface area contributed by atoms with Gasteiger partial charge >= 0.3 is 11.6 Å². The quantitative estimate of drug-likeness (QED) is 0.552. The third kappa shape index (κ3) is 4.51. The summed E-state index contributed by atoms with van der Waals surface area (Å²) in [7, 11) is 0. The zero-order valence-corrected chi connectivity index (χ0v) is 17.8. The maximum atomic E-state index is 12.4. The first-order chi connectivity index (χ1) is 15.4. The molecule has 0 fully saturated rings. The molecule has 3 aromatic rings. The number of amides is 1. The fraction of sp³-hybridized carbons (Fsp3) is 0.320. The normalized spacial score (nSPS) is 13.9. The molecule has 166 valence electrons. The van der Waals surface area contributed by atoms with Crippen molar-refractivity contribution in [2.45, 2.75) is 45.1 Å². The van der Waals surface area contributed by atoms with E-state index in [9.17, 15) is 19.5 Å². The number of carbonyl (C=O) groups excluding carboxylic acids is 1. The number of carbonyl (C=O) groups is 2. The Hall–Kier alpha value is -3.61. The van der Waals surface area contributed by atoms with Crippen molar-refractivity contribution in [1.29, 1.82) is 0 Å². The second-order valence-corrected chi connectivity index (χ2v) is 8.06. The van der Waals surface area contributed by atoms with Crippen molar-refractivity contribution < 1.29 is 23.8 Å². The SMILES string of the molecule is Cc1c(OCC(=O)N[C@@H](Cc2ccccc2)C(=O)O)ccc2c3c(c(=O)oc12)CCCC3. The molecule has 1 atom stereocenters. The summed E-state index contributed by atoms with van der Waals surface area (Å²) >= 11 is 0. The molecule has 1 aliphatic carbocycles. The maximum absolute atomic E-state index is 12.4. The molecule has 7 nitrogen and oxygen atoms in total. The van der Waals surface area contributed by atoms with Gasteiger partial charge in [-0.2, -0.15) is 0 Å². The van der Waals surface area contributed by atoms with Crippen molar-refractivity contribution in [3.8, 4) is 5.75 Å². The molecular formula is C25H25NO6. The van der Waals surface area contributed by atoms with Gasteiger partial charge in [-0.05, 0) is 55.9 Å². The van der Waals surface area contributed by atoms with Crippen LogP contribution in [-0.4, -0.2) is 29.6 Å². The molecule has 1 aliphatic rings. The van der Waals surface area contributed by atoms with Crippen molar-refractivity contribution in [3.63, 3.8) is 0 Å². The van der Waals surface area contributed by atoms with Gasteiger partial charge < -0.3 is 19.6 Å². The molecule has 0 aliphatic heterocycles. The molecule has 4 rings (SSSR count). The van der Waals surface area contributed by atoms with E-state index in [2.05, 4.69) is 5.32 Å². The van der Waals surface area contributed by atoms with Crippen molar-refractivity contribution in [2.24, 2.45) is 0 Å². The van der Waals surface area contributed by atoms with Gasteiger partial charge in [0.2, 0.25) is 0 Å². The van der Waals surface area contributed by atoms with E-state index in [1.807, 2.05) is 36.4 Å². The van der Waals surface area contributed by atoms with E-state index >= 15 is 0 Å². The Morgan fingerprint density at radius 3 is 2.53 bits per heavy atom. The summed E-state index contributed by atoms with van der Waals surface area (Å²) < 4.78 is 11.2. The van der Waals surface area contributed by atoms with E-state index in [-0.39, 0.29) is 18.7 Å². The molecule has 0 saturated carbocycles. The van der Waals surface area contributed by atoms with Crippen LogP contribution >= 0.6 is 0 Å². The molecular weight excluding hydrogens is 410 g/mol. The molecule has 32 heavy (non-hydrogen) atoms. The van der Waals surface area contributed by atoms with Gasteiger partial charge in [0, 0.05) is 22.9 Å². The molecule has 0 radical (unpaired) electrons. The van der Waals surface area contributed by atoms with Crippen molar-refractivity contribution in [1.82, 2.24) is 5.32 Å². The monoisotopic (exact) mass is 435 g/mol. The highest BCUT2D eigenvalue weighted by Gasteiger charge is 2.22. The first-order valence-electron chi connectivity index (χ1n) is 10.7. The Bertz CT molecular complexity index is 1210.